The number of likely N-dealkylation sites (N-methyl/N-ethyl adjacent to an activating group) is 1. The summed E-state index contributed by atoms with van der Waals surface area (Å²) in [6.45, 7) is 4.16. The van der Waals surface area contributed by atoms with Crippen molar-refractivity contribution >= 4 is 27.6 Å². The molecule has 31 heavy (non-hydrogen) atoms. The Morgan fingerprint density at radius 3 is 2.58 bits per heavy atom. The third-order valence-corrected chi connectivity index (χ3v) is 6.03. The van der Waals surface area contributed by atoms with Gasteiger partial charge in [-0.1, -0.05) is 0 Å². The third kappa shape index (κ3) is 3.12. The van der Waals surface area contributed by atoms with Gasteiger partial charge in [-0.25, -0.2) is 4.98 Å². The minimum atomic E-state index is 0.870. The van der Waals surface area contributed by atoms with Crippen molar-refractivity contribution in [3.63, 3.8) is 0 Å². The Labute approximate surface area is 179 Å². The molecule has 0 amide bonds. The molecule has 154 valence electrons. The second-order valence-corrected chi connectivity index (χ2v) is 7.99. The Bertz CT molecular complexity index is 1360. The summed E-state index contributed by atoms with van der Waals surface area (Å²) in [5.74, 6) is 0. The Balaban J connectivity index is 1.44. The van der Waals surface area contributed by atoms with Gasteiger partial charge in [0.2, 0.25) is 0 Å². The van der Waals surface area contributed by atoms with Crippen molar-refractivity contribution in [3.8, 4) is 22.6 Å². The first-order chi connectivity index (χ1) is 15.3. The number of H-pyrrole nitrogens is 2. The molecular formula is C23H22N8. The lowest BCUT2D eigenvalue weighted by Gasteiger charge is -2.34. The van der Waals surface area contributed by atoms with Gasteiger partial charge in [-0.05, 0) is 37.4 Å². The maximum absolute atomic E-state index is 4.59. The van der Waals surface area contributed by atoms with Crippen LogP contribution in [-0.4, -0.2) is 68.3 Å². The highest BCUT2D eigenvalue weighted by Crippen LogP contribution is 2.33. The summed E-state index contributed by atoms with van der Waals surface area (Å²) >= 11 is 0. The number of pyridine rings is 3. The summed E-state index contributed by atoms with van der Waals surface area (Å²) in [4.78, 5) is 21.5. The highest BCUT2D eigenvalue weighted by Gasteiger charge is 2.19. The Morgan fingerprint density at radius 1 is 0.903 bits per heavy atom. The molecule has 8 nitrogen and oxygen atoms in total. The highest BCUT2D eigenvalue weighted by molar-refractivity contribution is 5.99. The van der Waals surface area contributed by atoms with Crippen molar-refractivity contribution in [2.75, 3.05) is 38.1 Å². The number of hydrogen-bond donors (Lipinski definition) is 2. The van der Waals surface area contributed by atoms with E-state index in [9.17, 15) is 0 Å². The molecule has 6 heterocycles. The Kier molecular flexibility index (Phi) is 4.17. The number of nitrogens with zero attached hydrogens (tertiary/aromatic N) is 6. The SMILES string of the molecule is CN1CCN(c2ccnc3[nH]c(-c4n[nH]c5cnc(-c6ccncc6)cc45)cc23)CC1. The minimum absolute atomic E-state index is 0.870. The van der Waals surface area contributed by atoms with Gasteiger partial charge in [0.15, 0.2) is 0 Å². The summed E-state index contributed by atoms with van der Waals surface area (Å²) < 4.78 is 0. The van der Waals surface area contributed by atoms with E-state index in [1.165, 1.54) is 5.69 Å². The number of piperazine rings is 1. The van der Waals surface area contributed by atoms with E-state index in [-0.39, 0.29) is 0 Å². The van der Waals surface area contributed by atoms with Gasteiger partial charge >= 0.3 is 0 Å². The lowest BCUT2D eigenvalue weighted by atomic mass is 10.1. The van der Waals surface area contributed by atoms with Gasteiger partial charge in [-0.2, -0.15) is 5.10 Å². The molecule has 0 atom stereocenters. The topological polar surface area (TPSA) is 89.6 Å². The van der Waals surface area contributed by atoms with E-state index < -0.39 is 0 Å². The minimum Gasteiger partial charge on any atom is -0.368 e. The van der Waals surface area contributed by atoms with Gasteiger partial charge in [0.05, 0.1) is 23.1 Å². The number of aromatic amines is 2. The second-order valence-electron chi connectivity index (χ2n) is 7.99. The summed E-state index contributed by atoms with van der Waals surface area (Å²) in [5.41, 5.74) is 6.74. The molecule has 0 radical (unpaired) electrons. The predicted molar refractivity (Wildman–Crippen MR) is 122 cm³/mol. The van der Waals surface area contributed by atoms with Crippen LogP contribution in [0.4, 0.5) is 5.69 Å². The van der Waals surface area contributed by atoms with E-state index in [1.54, 1.807) is 12.4 Å². The highest BCUT2D eigenvalue weighted by atomic mass is 15.2. The van der Waals surface area contributed by atoms with Crippen molar-refractivity contribution in [1.82, 2.24) is 35.0 Å². The molecule has 0 aliphatic carbocycles. The molecule has 5 aromatic rings. The fraction of sp³-hybridized carbons (Fsp3) is 0.217. The van der Waals surface area contributed by atoms with Crippen molar-refractivity contribution in [2.45, 2.75) is 0 Å². The third-order valence-electron chi connectivity index (χ3n) is 6.03. The smallest absolute Gasteiger partial charge is 0.139 e. The van der Waals surface area contributed by atoms with E-state index in [1.807, 2.05) is 24.5 Å². The van der Waals surface area contributed by atoms with Crippen LogP contribution in [0.1, 0.15) is 0 Å². The van der Waals surface area contributed by atoms with Gasteiger partial charge in [0.1, 0.15) is 11.3 Å². The van der Waals surface area contributed by atoms with Gasteiger partial charge < -0.3 is 14.8 Å². The van der Waals surface area contributed by atoms with Crippen LogP contribution in [0.15, 0.2) is 55.1 Å². The van der Waals surface area contributed by atoms with Gasteiger partial charge in [-0.3, -0.25) is 15.1 Å². The number of nitrogens with one attached hydrogen (secondary N) is 2. The molecule has 1 fully saturated rings. The van der Waals surface area contributed by atoms with Crippen LogP contribution in [0.2, 0.25) is 0 Å². The quantitative estimate of drug-likeness (QED) is 0.474. The number of hydrogen-bond acceptors (Lipinski definition) is 6. The summed E-state index contributed by atoms with van der Waals surface area (Å²) in [6.07, 6.45) is 7.27. The van der Waals surface area contributed by atoms with Crippen LogP contribution in [0.5, 0.6) is 0 Å². The van der Waals surface area contributed by atoms with Crippen LogP contribution >= 0.6 is 0 Å². The van der Waals surface area contributed by atoms with Crippen molar-refractivity contribution in [3.05, 3.63) is 55.1 Å². The number of fused-ring (bicyclic) bond motifs is 2. The zero-order valence-corrected chi connectivity index (χ0v) is 17.2. The van der Waals surface area contributed by atoms with E-state index in [4.69, 9.17) is 0 Å². The molecule has 2 N–H and O–H groups in total. The number of aromatic nitrogens is 6. The normalized spacial score (nSPS) is 15.2. The van der Waals surface area contributed by atoms with Crippen LogP contribution in [0, 0.1) is 0 Å². The maximum atomic E-state index is 4.59. The molecule has 1 saturated heterocycles. The van der Waals surface area contributed by atoms with Crippen molar-refractivity contribution < 1.29 is 0 Å². The van der Waals surface area contributed by atoms with Gasteiger partial charge in [0.25, 0.3) is 0 Å². The van der Waals surface area contributed by atoms with Crippen molar-refractivity contribution in [1.29, 1.82) is 0 Å². The lowest BCUT2D eigenvalue weighted by molar-refractivity contribution is 0.313. The van der Waals surface area contributed by atoms with E-state index in [2.05, 4.69) is 65.2 Å². The number of anilines is 1. The average molecular weight is 410 g/mol. The van der Waals surface area contributed by atoms with E-state index in [0.29, 0.717) is 0 Å². The van der Waals surface area contributed by atoms with Crippen molar-refractivity contribution in [2.24, 2.45) is 0 Å². The summed E-state index contributed by atoms with van der Waals surface area (Å²) in [7, 11) is 2.17. The molecule has 1 aliphatic rings. The molecular weight excluding hydrogens is 388 g/mol. The van der Waals surface area contributed by atoms with Gasteiger partial charge in [0, 0.05) is 66.8 Å². The molecule has 0 spiro atoms. The van der Waals surface area contributed by atoms with Crippen LogP contribution in [0.25, 0.3) is 44.6 Å². The summed E-state index contributed by atoms with van der Waals surface area (Å²) in [5, 5.41) is 9.85. The first kappa shape index (κ1) is 18.0. The standard InChI is InChI=1S/C23H22N8/c1-30-8-10-31(11-9-30)21-4-7-25-23-17(21)13-19(27-23)22-16-12-18(15-2-5-24-6-3-15)26-14-20(16)28-29-22/h2-7,12-14H,8-11H2,1H3,(H,25,27)(H,28,29). The first-order valence-electron chi connectivity index (χ1n) is 10.4. The van der Waals surface area contributed by atoms with Crippen LogP contribution in [0.3, 0.4) is 0 Å². The first-order valence-corrected chi connectivity index (χ1v) is 10.4. The molecule has 6 rings (SSSR count). The Hall–Kier alpha value is -3.78. The lowest BCUT2D eigenvalue weighted by Crippen LogP contribution is -2.44. The zero-order chi connectivity index (χ0) is 20.8. The fourth-order valence-electron chi connectivity index (χ4n) is 4.27. The largest absolute Gasteiger partial charge is 0.368 e. The monoisotopic (exact) mass is 410 g/mol. The Morgan fingerprint density at radius 2 is 1.74 bits per heavy atom. The zero-order valence-electron chi connectivity index (χ0n) is 17.2. The second kappa shape index (κ2) is 7.17. The summed E-state index contributed by atoms with van der Waals surface area (Å²) in [6, 6.07) is 10.3. The van der Waals surface area contributed by atoms with Gasteiger partial charge in [-0.15, -0.1) is 0 Å². The molecule has 8 heteroatoms. The van der Waals surface area contributed by atoms with Crippen LogP contribution in [-0.2, 0) is 0 Å². The number of rotatable bonds is 3. The average Bonchev–Trinajstić information content (AvgIpc) is 3.43. The molecule has 5 aromatic heterocycles. The van der Waals surface area contributed by atoms with Crippen LogP contribution < -0.4 is 4.90 Å². The molecule has 0 saturated carbocycles. The molecule has 0 bridgehead atoms. The predicted octanol–water partition coefficient (Wildman–Crippen LogP) is 3.32. The molecule has 0 aromatic carbocycles. The maximum Gasteiger partial charge on any atom is 0.139 e. The fourth-order valence-corrected chi connectivity index (χ4v) is 4.27. The van der Waals surface area contributed by atoms with E-state index >= 15 is 0 Å². The molecule has 0 unspecified atom stereocenters. The molecule has 1 aliphatic heterocycles. The van der Waals surface area contributed by atoms with E-state index in [0.717, 1.165) is 70.8 Å².